The van der Waals surface area contributed by atoms with Crippen LogP contribution in [0.15, 0.2) is 57.8 Å². The van der Waals surface area contributed by atoms with Crippen molar-refractivity contribution in [2.24, 2.45) is 0 Å². The first-order valence-electron chi connectivity index (χ1n) is 7.36. The number of hydrogen-bond donors (Lipinski definition) is 1. The average molecular weight is 416 g/mol. The molecule has 0 unspecified atom stereocenters. The summed E-state index contributed by atoms with van der Waals surface area (Å²) in [6.45, 7) is 1.75. The molecule has 0 aliphatic rings. The van der Waals surface area contributed by atoms with Crippen molar-refractivity contribution in [2.75, 3.05) is 0 Å². The number of pyridine rings is 1. The van der Waals surface area contributed by atoms with Crippen LogP contribution < -0.4 is 10.3 Å². The first-order valence-corrected chi connectivity index (χ1v) is 8.53. The molecule has 0 atom stereocenters. The van der Waals surface area contributed by atoms with Gasteiger partial charge in [-0.25, -0.2) is 0 Å². The fourth-order valence-corrected chi connectivity index (χ4v) is 3.21. The van der Waals surface area contributed by atoms with Gasteiger partial charge in [0.1, 0.15) is 17.4 Å². The van der Waals surface area contributed by atoms with Crippen molar-refractivity contribution >= 4 is 27.5 Å². The molecule has 1 N–H and O–H groups in total. The number of H-pyrrole nitrogens is 1. The fraction of sp³-hybridized carbons (Fsp3) is 0.0526. The summed E-state index contributed by atoms with van der Waals surface area (Å²) >= 11 is 9.85. The molecule has 3 rings (SSSR count). The highest BCUT2D eigenvalue weighted by Gasteiger charge is 2.20. The molecule has 0 saturated heterocycles. The van der Waals surface area contributed by atoms with Crippen LogP contribution in [0.4, 0.5) is 0 Å². The van der Waals surface area contributed by atoms with Gasteiger partial charge in [-0.15, -0.1) is 0 Å². The summed E-state index contributed by atoms with van der Waals surface area (Å²) in [7, 11) is 0. The summed E-state index contributed by atoms with van der Waals surface area (Å²) in [5.41, 5.74) is 1.21. The zero-order valence-corrected chi connectivity index (χ0v) is 15.5. The van der Waals surface area contributed by atoms with E-state index in [1.165, 1.54) is 0 Å². The largest absolute Gasteiger partial charge is 0.455 e. The van der Waals surface area contributed by atoms with E-state index >= 15 is 0 Å². The molecule has 0 bridgehead atoms. The number of hydrogen-bond acceptors (Lipinski definition) is 3. The van der Waals surface area contributed by atoms with Crippen LogP contribution in [0.5, 0.6) is 11.5 Å². The van der Waals surface area contributed by atoms with Crippen molar-refractivity contribution in [2.45, 2.75) is 6.92 Å². The van der Waals surface area contributed by atoms with Crippen LogP contribution in [0, 0.1) is 18.3 Å². The Labute approximate surface area is 157 Å². The van der Waals surface area contributed by atoms with E-state index < -0.39 is 5.56 Å². The molecule has 1 aromatic heterocycles. The fourth-order valence-electron chi connectivity index (χ4n) is 2.49. The molecule has 2 aromatic carbocycles. The smallest absolute Gasteiger partial charge is 0.266 e. The third-order valence-corrected chi connectivity index (χ3v) is 4.53. The summed E-state index contributed by atoms with van der Waals surface area (Å²) < 4.78 is 6.64. The highest BCUT2D eigenvalue weighted by molar-refractivity contribution is 9.10. The lowest BCUT2D eigenvalue weighted by molar-refractivity contribution is 0.484. The van der Waals surface area contributed by atoms with Crippen LogP contribution in [0.1, 0.15) is 11.3 Å². The second-order valence-electron chi connectivity index (χ2n) is 5.33. The Hall–Kier alpha value is -2.55. The van der Waals surface area contributed by atoms with Gasteiger partial charge < -0.3 is 9.72 Å². The van der Waals surface area contributed by atoms with Crippen LogP contribution in [0.25, 0.3) is 11.1 Å². The molecule has 6 heteroatoms. The predicted octanol–water partition coefficient (Wildman–Crippen LogP) is 5.43. The first kappa shape index (κ1) is 17.3. The number of para-hydroxylation sites is 1. The predicted molar refractivity (Wildman–Crippen MR) is 101 cm³/mol. The number of nitrogens with one attached hydrogen (secondary N) is 1. The van der Waals surface area contributed by atoms with Crippen LogP contribution in [-0.4, -0.2) is 4.98 Å². The molecule has 0 spiro atoms. The molecular weight excluding hydrogens is 404 g/mol. The van der Waals surface area contributed by atoms with Crippen molar-refractivity contribution in [1.29, 1.82) is 5.26 Å². The first-order chi connectivity index (χ1) is 12.0. The molecule has 0 saturated carbocycles. The van der Waals surface area contributed by atoms with E-state index in [1.807, 2.05) is 24.3 Å². The Balaban J connectivity index is 2.29. The second-order valence-corrected chi connectivity index (χ2v) is 6.59. The highest BCUT2D eigenvalue weighted by Crippen LogP contribution is 2.44. The quantitative estimate of drug-likeness (QED) is 0.620. The maximum absolute atomic E-state index is 12.2. The zero-order valence-electron chi connectivity index (χ0n) is 13.1. The van der Waals surface area contributed by atoms with Gasteiger partial charge in [0.2, 0.25) is 0 Å². The molecule has 0 aliphatic heterocycles. The SMILES string of the molecule is Cc1cc(-c2c(Br)ccc(Cl)c2Oc2ccccc2)c(C#N)c(=O)[nH]1. The summed E-state index contributed by atoms with van der Waals surface area (Å²) in [4.78, 5) is 14.8. The Morgan fingerprint density at radius 2 is 1.92 bits per heavy atom. The topological polar surface area (TPSA) is 65.9 Å². The molecule has 4 nitrogen and oxygen atoms in total. The van der Waals surface area contributed by atoms with Crippen LogP contribution in [0.3, 0.4) is 0 Å². The van der Waals surface area contributed by atoms with Gasteiger partial charge in [0.05, 0.1) is 5.02 Å². The summed E-state index contributed by atoms with van der Waals surface area (Å²) in [6.07, 6.45) is 0. The summed E-state index contributed by atoms with van der Waals surface area (Å²) in [5, 5.41) is 9.81. The molecule has 0 aliphatic carbocycles. The number of ether oxygens (including phenoxy) is 1. The van der Waals surface area contributed by atoms with Crippen molar-refractivity contribution < 1.29 is 4.74 Å². The Kier molecular flexibility index (Phi) is 4.93. The Morgan fingerprint density at radius 3 is 2.60 bits per heavy atom. The third kappa shape index (κ3) is 3.46. The monoisotopic (exact) mass is 414 g/mol. The standard InChI is InChI=1S/C19H12BrClN2O2/c1-11-9-13(14(10-22)19(24)23-11)17-15(20)7-8-16(21)18(17)25-12-5-3-2-4-6-12/h2-9H,1H3,(H,23,24). The maximum atomic E-state index is 12.2. The minimum Gasteiger partial charge on any atom is -0.455 e. The lowest BCUT2D eigenvalue weighted by Gasteiger charge is -2.16. The van der Waals surface area contributed by atoms with E-state index in [2.05, 4.69) is 20.9 Å². The number of rotatable bonds is 3. The van der Waals surface area contributed by atoms with Crippen molar-refractivity contribution in [3.05, 3.63) is 79.6 Å². The van der Waals surface area contributed by atoms with Gasteiger partial charge in [-0.1, -0.05) is 45.7 Å². The number of nitriles is 1. The van der Waals surface area contributed by atoms with Crippen molar-refractivity contribution in [3.63, 3.8) is 0 Å². The summed E-state index contributed by atoms with van der Waals surface area (Å²) in [6, 6.07) is 16.3. The van der Waals surface area contributed by atoms with Crippen LogP contribution >= 0.6 is 27.5 Å². The normalized spacial score (nSPS) is 10.3. The lowest BCUT2D eigenvalue weighted by Crippen LogP contribution is -2.13. The molecule has 124 valence electrons. The van der Waals surface area contributed by atoms with E-state index in [-0.39, 0.29) is 5.56 Å². The average Bonchev–Trinajstić information content (AvgIpc) is 2.59. The minimum atomic E-state index is -0.449. The zero-order chi connectivity index (χ0) is 18.0. The van der Waals surface area contributed by atoms with Gasteiger partial charge in [-0.2, -0.15) is 5.26 Å². The molecule has 1 heterocycles. The van der Waals surface area contributed by atoms with Gasteiger partial charge in [-0.05, 0) is 37.3 Å². The third-order valence-electron chi connectivity index (χ3n) is 3.57. The number of aromatic amines is 1. The Morgan fingerprint density at radius 1 is 1.20 bits per heavy atom. The molecule has 25 heavy (non-hydrogen) atoms. The Bertz CT molecular complexity index is 1040. The molecule has 0 amide bonds. The van der Waals surface area contributed by atoms with E-state index in [1.54, 1.807) is 37.3 Å². The van der Waals surface area contributed by atoms with Gasteiger partial charge in [0.25, 0.3) is 5.56 Å². The number of aromatic nitrogens is 1. The molecule has 0 fully saturated rings. The summed E-state index contributed by atoms with van der Waals surface area (Å²) in [5.74, 6) is 0.979. The van der Waals surface area contributed by atoms with Gasteiger partial charge in [0, 0.05) is 21.3 Å². The number of benzene rings is 2. The molecular formula is C19H12BrClN2O2. The van der Waals surface area contributed by atoms with Gasteiger partial charge in [0.15, 0.2) is 5.75 Å². The molecule has 0 radical (unpaired) electrons. The van der Waals surface area contributed by atoms with Crippen molar-refractivity contribution in [3.8, 4) is 28.7 Å². The van der Waals surface area contributed by atoms with Gasteiger partial charge in [-0.3, -0.25) is 4.79 Å². The minimum absolute atomic E-state index is 0.00600. The number of nitrogens with zero attached hydrogens (tertiary/aromatic N) is 1. The van der Waals surface area contributed by atoms with Crippen LogP contribution in [-0.2, 0) is 0 Å². The van der Waals surface area contributed by atoms with E-state index in [0.29, 0.717) is 37.8 Å². The van der Waals surface area contributed by atoms with Gasteiger partial charge >= 0.3 is 0 Å². The van der Waals surface area contributed by atoms with Crippen LogP contribution in [0.2, 0.25) is 5.02 Å². The number of aryl methyl sites for hydroxylation is 1. The van der Waals surface area contributed by atoms with E-state index in [4.69, 9.17) is 16.3 Å². The second kappa shape index (κ2) is 7.14. The molecule has 3 aromatic rings. The van der Waals surface area contributed by atoms with E-state index in [9.17, 15) is 10.1 Å². The van der Waals surface area contributed by atoms with E-state index in [0.717, 1.165) is 0 Å². The highest BCUT2D eigenvalue weighted by atomic mass is 79.9. The van der Waals surface area contributed by atoms with Crippen molar-refractivity contribution in [1.82, 2.24) is 4.98 Å². The number of halogens is 2. The maximum Gasteiger partial charge on any atom is 0.266 e. The lowest BCUT2D eigenvalue weighted by atomic mass is 10.00.